The third kappa shape index (κ3) is 3.25. The summed E-state index contributed by atoms with van der Waals surface area (Å²) in [5, 5.41) is 15.6. The number of H-pyrrole nitrogens is 1. The molecule has 27 heavy (non-hydrogen) atoms. The second-order valence-electron chi connectivity index (χ2n) is 6.35. The first-order chi connectivity index (χ1) is 13.1. The van der Waals surface area contributed by atoms with Crippen LogP contribution in [0.3, 0.4) is 0 Å². The second kappa shape index (κ2) is 6.92. The van der Waals surface area contributed by atoms with Crippen LogP contribution in [0.1, 0.15) is 22.9 Å². The maximum Gasteiger partial charge on any atom is 0.269 e. The largest absolute Gasteiger partial charge is 0.359 e. The number of pyridine rings is 1. The molecule has 6 nitrogen and oxygen atoms in total. The van der Waals surface area contributed by atoms with Crippen molar-refractivity contribution >= 4 is 22.4 Å². The molecule has 0 saturated carbocycles. The van der Waals surface area contributed by atoms with Gasteiger partial charge in [-0.2, -0.15) is 0 Å². The van der Waals surface area contributed by atoms with Gasteiger partial charge in [0.25, 0.3) is 5.69 Å². The molecular weight excluding hydrogens is 340 g/mol. The fourth-order valence-electron chi connectivity index (χ4n) is 3.38. The average Bonchev–Trinajstić information content (AvgIpc) is 3.02. The van der Waals surface area contributed by atoms with Crippen molar-refractivity contribution in [3.8, 4) is 0 Å². The Morgan fingerprint density at radius 1 is 1.04 bits per heavy atom. The summed E-state index contributed by atoms with van der Waals surface area (Å²) in [5.41, 5.74) is 4.21. The first kappa shape index (κ1) is 16.8. The van der Waals surface area contributed by atoms with Crippen molar-refractivity contribution in [3.05, 3.63) is 99.9 Å². The van der Waals surface area contributed by atoms with Gasteiger partial charge in [0.1, 0.15) is 5.82 Å². The lowest BCUT2D eigenvalue weighted by atomic mass is 9.95. The standard InChI is InChI=1S/C21H18N4O2/c1-14-20(17-6-2-3-7-18(17)23-14)21(24-19-8-4-5-13-22-19)15-9-11-16(12-10-15)25(26)27/h2-13,21,23H,1H3,(H,22,24)/t21-/m0/s1. The highest BCUT2D eigenvalue weighted by molar-refractivity contribution is 5.86. The number of para-hydroxylation sites is 1. The van der Waals surface area contributed by atoms with E-state index >= 15 is 0 Å². The number of aromatic nitrogens is 2. The molecule has 6 heteroatoms. The van der Waals surface area contributed by atoms with Crippen LogP contribution in [0.25, 0.3) is 10.9 Å². The van der Waals surface area contributed by atoms with E-state index in [1.807, 2.05) is 43.3 Å². The van der Waals surface area contributed by atoms with Crippen LogP contribution in [-0.4, -0.2) is 14.9 Å². The van der Waals surface area contributed by atoms with E-state index in [0.29, 0.717) is 0 Å². The molecule has 1 atom stereocenters. The van der Waals surface area contributed by atoms with Gasteiger partial charge in [0.2, 0.25) is 0 Å². The smallest absolute Gasteiger partial charge is 0.269 e. The molecule has 2 N–H and O–H groups in total. The van der Waals surface area contributed by atoms with E-state index in [-0.39, 0.29) is 16.7 Å². The minimum atomic E-state index is -0.387. The number of benzene rings is 2. The highest BCUT2D eigenvalue weighted by Crippen LogP contribution is 2.34. The highest BCUT2D eigenvalue weighted by atomic mass is 16.6. The van der Waals surface area contributed by atoms with Crippen LogP contribution in [-0.2, 0) is 0 Å². The second-order valence-corrected chi connectivity index (χ2v) is 6.35. The van der Waals surface area contributed by atoms with Crippen molar-refractivity contribution < 1.29 is 4.92 Å². The molecule has 0 spiro atoms. The Labute approximate surface area is 156 Å². The van der Waals surface area contributed by atoms with Crippen molar-refractivity contribution in [2.24, 2.45) is 0 Å². The molecule has 0 aliphatic carbocycles. The number of rotatable bonds is 5. The monoisotopic (exact) mass is 358 g/mol. The molecule has 0 fully saturated rings. The Morgan fingerprint density at radius 3 is 2.48 bits per heavy atom. The number of nitro benzene ring substituents is 1. The molecule has 0 aliphatic rings. The van der Waals surface area contributed by atoms with Crippen LogP contribution < -0.4 is 5.32 Å². The number of aromatic amines is 1. The predicted octanol–water partition coefficient (Wildman–Crippen LogP) is 4.98. The number of nitro groups is 1. The van der Waals surface area contributed by atoms with Crippen molar-refractivity contribution in [3.63, 3.8) is 0 Å². The molecule has 2 aromatic heterocycles. The Kier molecular flexibility index (Phi) is 4.30. The van der Waals surface area contributed by atoms with Gasteiger partial charge in [-0.05, 0) is 42.8 Å². The SMILES string of the molecule is Cc1[nH]c2ccccc2c1[C@@H](Nc1ccccn1)c1ccc([N+](=O)[O-])cc1. The van der Waals surface area contributed by atoms with Crippen molar-refractivity contribution in [2.75, 3.05) is 5.32 Å². The lowest BCUT2D eigenvalue weighted by Crippen LogP contribution is -2.14. The van der Waals surface area contributed by atoms with Crippen LogP contribution in [0.4, 0.5) is 11.5 Å². The molecule has 4 aromatic rings. The summed E-state index contributed by atoms with van der Waals surface area (Å²) in [6.07, 6.45) is 1.73. The first-order valence-corrected chi connectivity index (χ1v) is 8.62. The number of nitrogens with zero attached hydrogens (tertiary/aromatic N) is 2. The third-order valence-corrected chi connectivity index (χ3v) is 4.63. The van der Waals surface area contributed by atoms with Gasteiger partial charge in [0.15, 0.2) is 0 Å². The predicted molar refractivity (Wildman–Crippen MR) is 106 cm³/mol. The number of hydrogen-bond acceptors (Lipinski definition) is 4. The molecule has 134 valence electrons. The fourth-order valence-corrected chi connectivity index (χ4v) is 3.38. The van der Waals surface area contributed by atoms with E-state index in [1.165, 1.54) is 12.1 Å². The summed E-state index contributed by atoms with van der Waals surface area (Å²) in [7, 11) is 0. The Bertz CT molecular complexity index is 1090. The molecule has 0 aliphatic heterocycles. The van der Waals surface area contributed by atoms with Crippen LogP contribution in [0, 0.1) is 17.0 Å². The van der Waals surface area contributed by atoms with Gasteiger partial charge in [0.05, 0.1) is 11.0 Å². The normalized spacial score (nSPS) is 12.0. The third-order valence-electron chi connectivity index (χ3n) is 4.63. The van der Waals surface area contributed by atoms with Gasteiger partial charge in [-0.3, -0.25) is 10.1 Å². The van der Waals surface area contributed by atoms with Gasteiger partial charge in [-0.15, -0.1) is 0 Å². The van der Waals surface area contributed by atoms with E-state index < -0.39 is 0 Å². The van der Waals surface area contributed by atoms with E-state index in [4.69, 9.17) is 0 Å². The molecule has 0 amide bonds. The summed E-state index contributed by atoms with van der Waals surface area (Å²) < 4.78 is 0. The molecule has 0 unspecified atom stereocenters. The zero-order valence-corrected chi connectivity index (χ0v) is 14.7. The number of fused-ring (bicyclic) bond motifs is 1. The van der Waals surface area contributed by atoms with Crippen LogP contribution >= 0.6 is 0 Å². The Morgan fingerprint density at radius 2 is 1.78 bits per heavy atom. The quantitative estimate of drug-likeness (QED) is 0.389. The van der Waals surface area contributed by atoms with E-state index in [0.717, 1.165) is 33.5 Å². The van der Waals surface area contributed by atoms with Crippen molar-refractivity contribution in [2.45, 2.75) is 13.0 Å². The molecule has 0 bridgehead atoms. The van der Waals surface area contributed by atoms with E-state index in [1.54, 1.807) is 18.3 Å². The fraction of sp³-hybridized carbons (Fsp3) is 0.0952. The number of aryl methyl sites for hydroxylation is 1. The van der Waals surface area contributed by atoms with Crippen LogP contribution in [0.5, 0.6) is 0 Å². The van der Waals surface area contributed by atoms with Crippen LogP contribution in [0.15, 0.2) is 72.9 Å². The number of non-ortho nitro benzene ring substituents is 1. The van der Waals surface area contributed by atoms with E-state index in [2.05, 4.69) is 21.4 Å². The summed E-state index contributed by atoms with van der Waals surface area (Å²) in [4.78, 5) is 18.4. The number of anilines is 1. The molecule has 2 heterocycles. The maximum absolute atomic E-state index is 11.0. The van der Waals surface area contributed by atoms with Crippen molar-refractivity contribution in [1.82, 2.24) is 9.97 Å². The zero-order valence-electron chi connectivity index (χ0n) is 14.7. The lowest BCUT2D eigenvalue weighted by molar-refractivity contribution is -0.384. The molecule has 0 radical (unpaired) electrons. The maximum atomic E-state index is 11.0. The minimum absolute atomic E-state index is 0.0750. The average molecular weight is 358 g/mol. The van der Waals surface area contributed by atoms with E-state index in [9.17, 15) is 10.1 Å². The summed E-state index contributed by atoms with van der Waals surface area (Å²) in [5.74, 6) is 0.741. The molecule has 2 aromatic carbocycles. The molecule has 0 saturated heterocycles. The summed E-state index contributed by atoms with van der Waals surface area (Å²) >= 11 is 0. The summed E-state index contributed by atoms with van der Waals surface area (Å²) in [6.45, 7) is 2.04. The highest BCUT2D eigenvalue weighted by Gasteiger charge is 2.22. The Hall–Kier alpha value is -3.67. The number of hydrogen-bond donors (Lipinski definition) is 2. The van der Waals surface area contributed by atoms with Gasteiger partial charge in [0, 0.05) is 40.5 Å². The van der Waals surface area contributed by atoms with Crippen LogP contribution in [0.2, 0.25) is 0 Å². The zero-order chi connectivity index (χ0) is 18.8. The topological polar surface area (TPSA) is 83.8 Å². The molecule has 4 rings (SSSR count). The number of nitrogens with one attached hydrogen (secondary N) is 2. The minimum Gasteiger partial charge on any atom is -0.359 e. The van der Waals surface area contributed by atoms with Gasteiger partial charge >= 0.3 is 0 Å². The van der Waals surface area contributed by atoms with Crippen molar-refractivity contribution in [1.29, 1.82) is 0 Å². The van der Waals surface area contributed by atoms with Gasteiger partial charge in [-0.1, -0.05) is 24.3 Å². The molecular formula is C21H18N4O2. The Balaban J connectivity index is 1.85. The first-order valence-electron chi connectivity index (χ1n) is 8.62. The lowest BCUT2D eigenvalue weighted by Gasteiger charge is -2.21. The van der Waals surface area contributed by atoms with Gasteiger partial charge < -0.3 is 10.3 Å². The summed E-state index contributed by atoms with van der Waals surface area (Å²) in [6, 6.07) is 20.3. The van der Waals surface area contributed by atoms with Gasteiger partial charge in [-0.25, -0.2) is 4.98 Å².